The first kappa shape index (κ1) is 18.4. The van der Waals surface area contributed by atoms with Gasteiger partial charge in [0.15, 0.2) is 12.4 Å². The van der Waals surface area contributed by atoms with Crippen molar-refractivity contribution in [3.8, 4) is 0 Å². The number of ketones is 1. The Morgan fingerprint density at radius 2 is 1.82 bits per heavy atom. The highest BCUT2D eigenvalue weighted by Crippen LogP contribution is 2.24. The number of hydrogen-bond acceptors (Lipinski definition) is 4. The number of aryl methyl sites for hydroxylation is 2. The molecule has 28 heavy (non-hydrogen) atoms. The first-order valence-corrected chi connectivity index (χ1v) is 9.80. The lowest BCUT2D eigenvalue weighted by atomic mass is 10.0. The van der Waals surface area contributed by atoms with Crippen LogP contribution in [0.3, 0.4) is 0 Å². The van der Waals surface area contributed by atoms with Crippen molar-refractivity contribution in [3.63, 3.8) is 0 Å². The number of nitrogens with zero attached hydrogens (tertiary/aromatic N) is 1. The van der Waals surface area contributed by atoms with Gasteiger partial charge in [0, 0.05) is 24.2 Å². The number of ether oxygens (including phenoxy) is 1. The summed E-state index contributed by atoms with van der Waals surface area (Å²) in [4.78, 5) is 38.1. The lowest BCUT2D eigenvalue weighted by Crippen LogP contribution is -2.24. The highest BCUT2D eigenvalue weighted by atomic mass is 16.5. The molecule has 0 bridgehead atoms. The van der Waals surface area contributed by atoms with Gasteiger partial charge in [-0.2, -0.15) is 0 Å². The van der Waals surface area contributed by atoms with Gasteiger partial charge in [-0.3, -0.25) is 14.4 Å². The van der Waals surface area contributed by atoms with E-state index in [1.54, 1.807) is 23.1 Å². The molecular weight excluding hydrogens is 354 g/mol. The largest absolute Gasteiger partial charge is 0.457 e. The summed E-state index contributed by atoms with van der Waals surface area (Å²) in [6, 6.07) is 13.1. The van der Waals surface area contributed by atoms with Gasteiger partial charge in [0.2, 0.25) is 5.91 Å². The lowest BCUT2D eigenvalue weighted by molar-refractivity contribution is -0.141. The Bertz CT molecular complexity index is 934. The molecule has 1 amide bonds. The Morgan fingerprint density at radius 3 is 2.64 bits per heavy atom. The molecule has 0 atom stereocenters. The minimum Gasteiger partial charge on any atom is -0.457 e. The van der Waals surface area contributed by atoms with Crippen LogP contribution >= 0.6 is 0 Å². The standard InChI is InChI=1S/C23H23NO4/c25-21(19-6-2-7-20(14-19)24-11-3-8-22(24)26)15-28-23(27)13-16-9-10-17-4-1-5-18(17)12-16/h2,6-7,9-10,12,14H,1,3-5,8,11,13,15H2. The summed E-state index contributed by atoms with van der Waals surface area (Å²) in [5.74, 6) is -0.599. The van der Waals surface area contributed by atoms with Crippen LogP contribution in [0.5, 0.6) is 0 Å². The molecule has 2 aliphatic rings. The fourth-order valence-electron chi connectivity index (χ4n) is 3.95. The molecule has 0 unspecified atom stereocenters. The molecule has 0 aromatic heterocycles. The molecule has 1 fully saturated rings. The third-order valence-electron chi connectivity index (χ3n) is 5.43. The quantitative estimate of drug-likeness (QED) is 0.573. The predicted molar refractivity (Wildman–Crippen MR) is 105 cm³/mol. The molecule has 0 saturated carbocycles. The lowest BCUT2D eigenvalue weighted by Gasteiger charge is -2.16. The molecular formula is C23H23NO4. The number of hydrogen-bond donors (Lipinski definition) is 0. The minimum atomic E-state index is -0.405. The summed E-state index contributed by atoms with van der Waals surface area (Å²) in [7, 11) is 0. The van der Waals surface area contributed by atoms with Crippen LogP contribution in [0, 0.1) is 0 Å². The summed E-state index contributed by atoms with van der Waals surface area (Å²) < 4.78 is 5.20. The van der Waals surface area contributed by atoms with Crippen LogP contribution in [-0.4, -0.2) is 30.8 Å². The molecule has 1 aliphatic carbocycles. The van der Waals surface area contributed by atoms with Crippen molar-refractivity contribution in [1.29, 1.82) is 0 Å². The highest BCUT2D eigenvalue weighted by molar-refractivity contribution is 6.01. The zero-order chi connectivity index (χ0) is 19.5. The van der Waals surface area contributed by atoms with Crippen molar-refractivity contribution >= 4 is 23.3 Å². The Morgan fingerprint density at radius 1 is 0.964 bits per heavy atom. The Hall–Kier alpha value is -2.95. The number of anilines is 1. The normalized spacial score (nSPS) is 15.6. The Kier molecular flexibility index (Phi) is 5.24. The molecule has 1 heterocycles. The van der Waals surface area contributed by atoms with E-state index in [2.05, 4.69) is 12.1 Å². The van der Waals surface area contributed by atoms with Crippen molar-refractivity contribution in [1.82, 2.24) is 0 Å². The molecule has 1 aliphatic heterocycles. The fourth-order valence-corrected chi connectivity index (χ4v) is 3.95. The number of amides is 1. The SMILES string of the molecule is O=C(Cc1ccc2c(c1)CCC2)OCC(=O)c1cccc(N2CCCC2=O)c1. The van der Waals surface area contributed by atoms with Crippen molar-refractivity contribution in [3.05, 3.63) is 64.7 Å². The third kappa shape index (κ3) is 3.98. The summed E-state index contributed by atoms with van der Waals surface area (Å²) in [5, 5.41) is 0. The minimum absolute atomic E-state index is 0.0744. The highest BCUT2D eigenvalue weighted by Gasteiger charge is 2.22. The second-order valence-corrected chi connectivity index (χ2v) is 7.42. The average molecular weight is 377 g/mol. The van der Waals surface area contributed by atoms with E-state index in [-0.39, 0.29) is 24.7 Å². The van der Waals surface area contributed by atoms with Crippen LogP contribution in [0.1, 0.15) is 46.3 Å². The number of benzene rings is 2. The maximum Gasteiger partial charge on any atom is 0.310 e. The van der Waals surface area contributed by atoms with Crippen LogP contribution < -0.4 is 4.90 Å². The van der Waals surface area contributed by atoms with Gasteiger partial charge in [0.1, 0.15) is 0 Å². The number of fused-ring (bicyclic) bond motifs is 1. The van der Waals surface area contributed by atoms with Gasteiger partial charge >= 0.3 is 5.97 Å². The summed E-state index contributed by atoms with van der Waals surface area (Å²) in [6.45, 7) is 0.382. The average Bonchev–Trinajstić information content (AvgIpc) is 3.34. The second-order valence-electron chi connectivity index (χ2n) is 7.42. The molecule has 1 saturated heterocycles. The van der Waals surface area contributed by atoms with Crippen LogP contribution in [0.25, 0.3) is 0 Å². The van der Waals surface area contributed by atoms with Gasteiger partial charge in [-0.05, 0) is 54.5 Å². The molecule has 144 valence electrons. The van der Waals surface area contributed by atoms with Crippen molar-refractivity contribution in [2.24, 2.45) is 0 Å². The van der Waals surface area contributed by atoms with Gasteiger partial charge in [0.25, 0.3) is 0 Å². The van der Waals surface area contributed by atoms with Crippen LogP contribution in [0.2, 0.25) is 0 Å². The van der Waals surface area contributed by atoms with Gasteiger partial charge < -0.3 is 9.64 Å². The molecule has 2 aromatic rings. The van der Waals surface area contributed by atoms with Gasteiger partial charge in [-0.25, -0.2) is 0 Å². The Labute approximate surface area is 164 Å². The smallest absolute Gasteiger partial charge is 0.310 e. The molecule has 0 N–H and O–H groups in total. The first-order valence-electron chi connectivity index (χ1n) is 9.80. The third-order valence-corrected chi connectivity index (χ3v) is 5.43. The van der Waals surface area contributed by atoms with Crippen LogP contribution in [0.4, 0.5) is 5.69 Å². The van der Waals surface area contributed by atoms with E-state index in [9.17, 15) is 14.4 Å². The topological polar surface area (TPSA) is 63.7 Å². The number of esters is 1. The number of Topliss-reactive ketones (excluding diaryl/α,β-unsaturated/α-hetero) is 1. The molecule has 0 spiro atoms. The zero-order valence-corrected chi connectivity index (χ0v) is 15.8. The molecule has 5 heteroatoms. The summed E-state index contributed by atoms with van der Waals surface area (Å²) >= 11 is 0. The maximum absolute atomic E-state index is 12.4. The molecule has 2 aromatic carbocycles. The summed E-state index contributed by atoms with van der Waals surface area (Å²) in [5.41, 5.74) is 4.77. The van der Waals surface area contributed by atoms with E-state index < -0.39 is 5.97 Å². The van der Waals surface area contributed by atoms with E-state index in [0.717, 1.165) is 30.5 Å². The number of carbonyl (C=O) groups excluding carboxylic acids is 3. The second kappa shape index (κ2) is 7.97. The zero-order valence-electron chi connectivity index (χ0n) is 15.8. The van der Waals surface area contributed by atoms with Gasteiger partial charge in [0.05, 0.1) is 6.42 Å². The van der Waals surface area contributed by atoms with Gasteiger partial charge in [-0.15, -0.1) is 0 Å². The number of carbonyl (C=O) groups is 3. The summed E-state index contributed by atoms with van der Waals surface area (Å²) in [6.07, 6.45) is 4.88. The fraction of sp³-hybridized carbons (Fsp3) is 0.348. The first-order chi connectivity index (χ1) is 13.6. The van der Waals surface area contributed by atoms with Gasteiger partial charge in [-0.1, -0.05) is 30.3 Å². The van der Waals surface area contributed by atoms with Crippen molar-refractivity contribution in [2.45, 2.75) is 38.5 Å². The van der Waals surface area contributed by atoms with E-state index in [1.165, 1.54) is 17.5 Å². The number of rotatable bonds is 6. The monoisotopic (exact) mass is 377 g/mol. The van der Waals surface area contributed by atoms with Crippen molar-refractivity contribution in [2.75, 3.05) is 18.1 Å². The van der Waals surface area contributed by atoms with Crippen LogP contribution in [0.15, 0.2) is 42.5 Å². The van der Waals surface area contributed by atoms with E-state index >= 15 is 0 Å². The van der Waals surface area contributed by atoms with E-state index in [0.29, 0.717) is 18.5 Å². The van der Waals surface area contributed by atoms with E-state index in [4.69, 9.17) is 4.74 Å². The predicted octanol–water partition coefficient (Wildman–Crippen LogP) is 3.27. The molecule has 4 rings (SSSR count). The molecule has 0 radical (unpaired) electrons. The maximum atomic E-state index is 12.4. The van der Waals surface area contributed by atoms with E-state index in [1.807, 2.05) is 12.1 Å². The Balaban J connectivity index is 1.34. The van der Waals surface area contributed by atoms with Crippen molar-refractivity contribution < 1.29 is 19.1 Å². The van der Waals surface area contributed by atoms with Crippen LogP contribution in [-0.2, 0) is 33.6 Å². The molecule has 5 nitrogen and oxygen atoms in total.